The second-order valence-corrected chi connectivity index (χ2v) is 6.18. The van der Waals surface area contributed by atoms with Crippen molar-refractivity contribution in [1.82, 2.24) is 19.5 Å². The number of imidazole rings is 1. The van der Waals surface area contributed by atoms with Crippen molar-refractivity contribution in [2.45, 2.75) is 13.5 Å². The molecule has 0 aliphatic rings. The van der Waals surface area contributed by atoms with E-state index in [-0.39, 0.29) is 0 Å². The van der Waals surface area contributed by atoms with Gasteiger partial charge in [0.15, 0.2) is 5.65 Å². The van der Waals surface area contributed by atoms with E-state index in [4.69, 9.17) is 0 Å². The van der Waals surface area contributed by atoms with E-state index < -0.39 is 11.2 Å². The minimum atomic E-state index is -0.466. The van der Waals surface area contributed by atoms with Crippen molar-refractivity contribution in [3.05, 3.63) is 48.0 Å². The second-order valence-electron chi connectivity index (χ2n) is 4.41. The number of aryl methyl sites for hydroxylation is 1. The van der Waals surface area contributed by atoms with Crippen LogP contribution in [-0.4, -0.2) is 19.5 Å². The molecule has 0 spiro atoms. The second kappa shape index (κ2) is 5.27. The molecule has 108 valence electrons. The molecule has 6 nitrogen and oxygen atoms in total. The summed E-state index contributed by atoms with van der Waals surface area (Å²) in [4.78, 5) is 33.3. The van der Waals surface area contributed by atoms with Crippen molar-refractivity contribution in [2.24, 2.45) is 0 Å². The largest absolute Gasteiger partial charge is 0.332 e. The molecule has 8 heteroatoms. The van der Waals surface area contributed by atoms with Gasteiger partial charge in [-0.25, -0.2) is 9.78 Å². The summed E-state index contributed by atoms with van der Waals surface area (Å²) in [7, 11) is 0. The molecule has 21 heavy (non-hydrogen) atoms. The van der Waals surface area contributed by atoms with Gasteiger partial charge in [0.2, 0.25) is 0 Å². The highest BCUT2D eigenvalue weighted by molar-refractivity contribution is 9.11. The average Bonchev–Trinajstić information content (AvgIpc) is 2.84. The molecular weight excluding hydrogens is 404 g/mol. The number of rotatable bonds is 2. The number of hydrogen-bond acceptors (Lipinski definition) is 3. The zero-order chi connectivity index (χ0) is 15.1. The van der Waals surface area contributed by atoms with Gasteiger partial charge in [-0.05, 0) is 41.1 Å². The maximum absolute atomic E-state index is 11.9. The maximum Gasteiger partial charge on any atom is 0.330 e. The van der Waals surface area contributed by atoms with Gasteiger partial charge in [0.25, 0.3) is 5.56 Å². The van der Waals surface area contributed by atoms with Crippen LogP contribution < -0.4 is 11.2 Å². The first-order valence-electron chi connectivity index (χ1n) is 6.19. The Morgan fingerprint density at radius 1 is 1.24 bits per heavy atom. The minimum absolute atomic E-state index is 0.293. The maximum atomic E-state index is 11.9. The summed E-state index contributed by atoms with van der Waals surface area (Å²) < 4.78 is 3.18. The van der Waals surface area contributed by atoms with Gasteiger partial charge in [0, 0.05) is 21.1 Å². The fourth-order valence-corrected chi connectivity index (χ4v) is 3.38. The van der Waals surface area contributed by atoms with Crippen molar-refractivity contribution in [3.63, 3.8) is 0 Å². The van der Waals surface area contributed by atoms with E-state index in [2.05, 4.69) is 46.8 Å². The molecule has 0 saturated carbocycles. The van der Waals surface area contributed by atoms with Crippen molar-refractivity contribution in [2.75, 3.05) is 0 Å². The Bertz CT molecular complexity index is 955. The van der Waals surface area contributed by atoms with E-state index >= 15 is 0 Å². The number of aromatic nitrogens is 4. The lowest BCUT2D eigenvalue weighted by Crippen LogP contribution is -2.29. The lowest BCUT2D eigenvalue weighted by atomic mass is 10.2. The molecule has 0 amide bonds. The van der Waals surface area contributed by atoms with Crippen LogP contribution in [0.15, 0.2) is 36.7 Å². The highest BCUT2D eigenvalue weighted by atomic mass is 79.9. The summed E-state index contributed by atoms with van der Waals surface area (Å²) in [6.07, 6.45) is 0. The van der Waals surface area contributed by atoms with Crippen LogP contribution in [0, 0.1) is 0 Å². The predicted molar refractivity (Wildman–Crippen MR) is 87.5 cm³/mol. The molecule has 0 atom stereocenters. The Hall–Kier alpha value is -1.67. The molecule has 0 unspecified atom stereocenters. The number of hydrogen-bond donors (Lipinski definition) is 2. The molecule has 1 aromatic carbocycles. The molecule has 0 fully saturated rings. The average molecular weight is 414 g/mol. The van der Waals surface area contributed by atoms with Gasteiger partial charge in [0.05, 0.1) is 0 Å². The van der Waals surface area contributed by atoms with Crippen LogP contribution in [0.3, 0.4) is 0 Å². The summed E-state index contributed by atoms with van der Waals surface area (Å²) in [6, 6.07) is 5.64. The topological polar surface area (TPSA) is 83.5 Å². The fourth-order valence-electron chi connectivity index (χ4n) is 2.14. The molecule has 0 bridgehead atoms. The Morgan fingerprint density at radius 3 is 2.67 bits per heavy atom. The monoisotopic (exact) mass is 412 g/mol. The minimum Gasteiger partial charge on any atom is -0.332 e. The fraction of sp³-hybridized carbons (Fsp3) is 0.154. The summed E-state index contributed by atoms with van der Waals surface area (Å²) in [5.41, 5.74) is 0.538. The number of aromatic amines is 2. The summed E-state index contributed by atoms with van der Waals surface area (Å²) in [5, 5.41) is 0. The van der Waals surface area contributed by atoms with Crippen LogP contribution in [0.4, 0.5) is 0 Å². The number of nitrogens with zero attached hydrogens (tertiary/aromatic N) is 2. The number of H-pyrrole nitrogens is 2. The number of fused-ring (bicyclic) bond motifs is 1. The summed E-state index contributed by atoms with van der Waals surface area (Å²) >= 11 is 6.85. The summed E-state index contributed by atoms with van der Waals surface area (Å²) in [6.45, 7) is 2.25. The lowest BCUT2D eigenvalue weighted by molar-refractivity contribution is 0.720. The lowest BCUT2D eigenvalue weighted by Gasteiger charge is -2.01. The van der Waals surface area contributed by atoms with Gasteiger partial charge in [-0.2, -0.15) is 0 Å². The van der Waals surface area contributed by atoms with Crippen LogP contribution >= 0.6 is 31.9 Å². The number of halogens is 2. The molecule has 0 aliphatic heterocycles. The molecule has 0 radical (unpaired) electrons. The summed E-state index contributed by atoms with van der Waals surface area (Å²) in [5.74, 6) is 0.530. The first-order chi connectivity index (χ1) is 10.0. The zero-order valence-corrected chi connectivity index (χ0v) is 14.1. The van der Waals surface area contributed by atoms with Crippen LogP contribution in [0.5, 0.6) is 0 Å². The van der Waals surface area contributed by atoms with Crippen molar-refractivity contribution >= 4 is 43.0 Å². The van der Waals surface area contributed by atoms with E-state index in [1.165, 1.54) is 4.57 Å². The smallest absolute Gasteiger partial charge is 0.330 e. The van der Waals surface area contributed by atoms with E-state index in [1.54, 1.807) is 0 Å². The first-order valence-corrected chi connectivity index (χ1v) is 7.78. The van der Waals surface area contributed by atoms with E-state index in [9.17, 15) is 9.59 Å². The number of benzene rings is 1. The Kier molecular flexibility index (Phi) is 3.58. The highest BCUT2D eigenvalue weighted by Crippen LogP contribution is 2.29. The third-order valence-electron chi connectivity index (χ3n) is 3.14. The van der Waals surface area contributed by atoms with Crippen LogP contribution in [-0.2, 0) is 6.54 Å². The molecule has 0 aliphatic carbocycles. The highest BCUT2D eigenvalue weighted by Gasteiger charge is 2.14. The number of nitrogens with one attached hydrogen (secondary N) is 2. The third-order valence-corrected chi connectivity index (χ3v) is 4.28. The van der Waals surface area contributed by atoms with Gasteiger partial charge >= 0.3 is 5.69 Å². The van der Waals surface area contributed by atoms with Crippen LogP contribution in [0.2, 0.25) is 0 Å². The van der Waals surface area contributed by atoms with E-state index in [0.29, 0.717) is 23.5 Å². The molecule has 2 aromatic heterocycles. The molecular formula is C13H10Br2N4O2. The molecule has 3 rings (SSSR count). The standard InChI is InChI=1S/C13H10Br2N4O2/c1-2-19-11-9(12(20)18-13(19)21)16-10(17-11)7-4-3-6(14)5-8(7)15/h3-5H,2H2,1H3,(H,16,17)(H,18,20,21). The molecule has 2 N–H and O–H groups in total. The Morgan fingerprint density at radius 2 is 2.00 bits per heavy atom. The zero-order valence-electron chi connectivity index (χ0n) is 10.9. The van der Waals surface area contributed by atoms with Gasteiger partial charge in [0.1, 0.15) is 11.3 Å². The van der Waals surface area contributed by atoms with Gasteiger partial charge in [-0.3, -0.25) is 14.3 Å². The van der Waals surface area contributed by atoms with E-state index in [1.807, 2.05) is 25.1 Å². The Balaban J connectivity index is 2.33. The Labute approximate surface area is 135 Å². The normalized spacial score (nSPS) is 11.2. The molecule has 2 heterocycles. The first kappa shape index (κ1) is 14.3. The third kappa shape index (κ3) is 2.38. The molecule has 0 saturated heterocycles. The van der Waals surface area contributed by atoms with Gasteiger partial charge in [-0.1, -0.05) is 15.9 Å². The van der Waals surface area contributed by atoms with Gasteiger partial charge in [-0.15, -0.1) is 0 Å². The molecule has 3 aromatic rings. The van der Waals surface area contributed by atoms with Crippen molar-refractivity contribution in [3.8, 4) is 11.4 Å². The van der Waals surface area contributed by atoms with Crippen molar-refractivity contribution < 1.29 is 0 Å². The van der Waals surface area contributed by atoms with Crippen LogP contribution in [0.25, 0.3) is 22.6 Å². The van der Waals surface area contributed by atoms with Crippen molar-refractivity contribution in [1.29, 1.82) is 0 Å². The predicted octanol–water partition coefficient (Wildman–Crippen LogP) is 2.62. The SMILES string of the molecule is CCn1c(=O)[nH]c(=O)c2[nH]c(-c3ccc(Br)cc3Br)nc21. The quantitative estimate of drug-likeness (QED) is 0.677. The van der Waals surface area contributed by atoms with Gasteiger partial charge < -0.3 is 4.98 Å². The van der Waals surface area contributed by atoms with Crippen LogP contribution in [0.1, 0.15) is 6.92 Å². The van der Waals surface area contributed by atoms with E-state index in [0.717, 1.165) is 14.5 Å².